The van der Waals surface area contributed by atoms with E-state index in [0.717, 1.165) is 32.1 Å². The number of aliphatic carboxylic acids is 1. The van der Waals surface area contributed by atoms with E-state index in [1.165, 1.54) is 31.0 Å². The van der Waals surface area contributed by atoms with Gasteiger partial charge in [0.15, 0.2) is 6.23 Å². The van der Waals surface area contributed by atoms with Crippen molar-refractivity contribution in [3.8, 4) is 28.4 Å². The first kappa shape index (κ1) is 28.1. The molecule has 2 atom stereocenters. The van der Waals surface area contributed by atoms with Gasteiger partial charge in [0, 0.05) is 0 Å². The highest BCUT2D eigenvalue weighted by atomic mass is 19.1. The maximum Gasteiger partial charge on any atom is 0.322 e. The molecular weight excluding hydrogens is 507 g/mol. The van der Waals surface area contributed by atoms with Gasteiger partial charge in [-0.05, 0) is 55.2 Å². The third-order valence-electron chi connectivity index (χ3n) is 6.90. The van der Waals surface area contributed by atoms with E-state index in [2.05, 4.69) is 15.7 Å². The predicted octanol–water partition coefficient (Wildman–Crippen LogP) is 3.43. The van der Waals surface area contributed by atoms with Gasteiger partial charge in [0.1, 0.15) is 29.6 Å². The number of carboxylic acid groups (broad SMARTS) is 1. The molecule has 1 aliphatic rings. The molecule has 0 radical (unpaired) electrons. The Morgan fingerprint density at radius 2 is 1.74 bits per heavy atom. The summed E-state index contributed by atoms with van der Waals surface area (Å²) in [4.78, 5) is 24.0. The molecule has 0 bridgehead atoms. The minimum Gasteiger partial charge on any atom is -0.496 e. The summed E-state index contributed by atoms with van der Waals surface area (Å²) in [5, 5.41) is 30.3. The van der Waals surface area contributed by atoms with Crippen molar-refractivity contribution in [2.45, 2.75) is 44.4 Å². The molecule has 2 aromatic carbocycles. The van der Waals surface area contributed by atoms with Crippen LogP contribution in [0.15, 0.2) is 48.5 Å². The van der Waals surface area contributed by atoms with Crippen LogP contribution in [0.3, 0.4) is 0 Å². The van der Waals surface area contributed by atoms with Crippen molar-refractivity contribution in [2.24, 2.45) is 5.92 Å². The molecule has 1 unspecified atom stereocenters. The summed E-state index contributed by atoms with van der Waals surface area (Å²) >= 11 is 0. The fourth-order valence-electron chi connectivity index (χ4n) is 5.04. The fraction of sp³-hybridized carbons (Fsp3) is 0.393. The number of aromatic nitrogens is 2. The second kappa shape index (κ2) is 12.7. The van der Waals surface area contributed by atoms with E-state index in [0.29, 0.717) is 28.4 Å². The number of ether oxygens (including phenoxy) is 2. The van der Waals surface area contributed by atoms with Crippen LogP contribution in [0.1, 0.15) is 44.0 Å². The molecule has 11 heteroatoms. The number of nitrogens with zero attached hydrogens (tertiary/aromatic N) is 2. The molecule has 3 aromatic rings. The van der Waals surface area contributed by atoms with E-state index in [4.69, 9.17) is 14.6 Å². The van der Waals surface area contributed by atoms with E-state index in [9.17, 15) is 19.1 Å². The summed E-state index contributed by atoms with van der Waals surface area (Å²) in [6, 6.07) is 11.9. The first-order chi connectivity index (χ1) is 18.8. The molecule has 0 aliphatic heterocycles. The van der Waals surface area contributed by atoms with Crippen LogP contribution >= 0.6 is 0 Å². The number of aliphatic hydroxyl groups excluding tert-OH is 1. The standard InChI is InChI=1S/C28H33FN4O6/c1-38-22-12-7-13-23(39-2)25(22)21-15-20(32-33(21)19-11-6-10-18(29)14-19)27(36)31-26(17-8-4-3-5-9-17)28(37)30-16-24(34)35/h6-7,10-15,17,26-27,31,36H,3-5,8-9,16H2,1-2H3,(H,30,37)(H,34,35)/t26-,27?/m0/s1. The SMILES string of the molecule is COc1cccc(OC)c1-c1cc(C(O)N[C@H](C(=O)NCC(=O)O)C2CCCCC2)nn1-c1cccc(F)c1. The molecule has 1 saturated carbocycles. The van der Waals surface area contributed by atoms with Crippen molar-refractivity contribution in [2.75, 3.05) is 20.8 Å². The monoisotopic (exact) mass is 540 g/mol. The van der Waals surface area contributed by atoms with E-state index in [-0.39, 0.29) is 11.6 Å². The Morgan fingerprint density at radius 1 is 1.08 bits per heavy atom. The maximum atomic E-state index is 14.2. The Bertz CT molecular complexity index is 1280. The van der Waals surface area contributed by atoms with E-state index in [1.807, 2.05) is 0 Å². The molecule has 39 heavy (non-hydrogen) atoms. The number of rotatable bonds is 11. The number of halogens is 1. The lowest BCUT2D eigenvalue weighted by Gasteiger charge is -2.31. The summed E-state index contributed by atoms with van der Waals surface area (Å²) < 4.78 is 26.8. The summed E-state index contributed by atoms with van der Waals surface area (Å²) in [5.74, 6) is -1.24. The summed E-state index contributed by atoms with van der Waals surface area (Å²) in [5.41, 5.74) is 1.59. The highest BCUT2D eigenvalue weighted by Gasteiger charge is 2.33. The van der Waals surface area contributed by atoms with Crippen molar-refractivity contribution < 1.29 is 33.7 Å². The maximum absolute atomic E-state index is 14.2. The topological polar surface area (TPSA) is 135 Å². The molecule has 1 heterocycles. The van der Waals surface area contributed by atoms with E-state index >= 15 is 0 Å². The normalized spacial score (nSPS) is 15.4. The van der Waals surface area contributed by atoms with Crippen LogP contribution in [0.25, 0.3) is 16.9 Å². The number of amides is 1. The molecule has 1 amide bonds. The quantitative estimate of drug-likeness (QED) is 0.272. The van der Waals surface area contributed by atoms with Crippen LogP contribution in [-0.4, -0.2) is 58.7 Å². The first-order valence-electron chi connectivity index (χ1n) is 12.8. The van der Waals surface area contributed by atoms with Gasteiger partial charge < -0.3 is 25.0 Å². The average Bonchev–Trinajstić information content (AvgIpc) is 3.39. The van der Waals surface area contributed by atoms with Crippen molar-refractivity contribution >= 4 is 11.9 Å². The number of hydrogen-bond donors (Lipinski definition) is 4. The van der Waals surface area contributed by atoms with Gasteiger partial charge in [0.25, 0.3) is 0 Å². The Hall–Kier alpha value is -3.96. The molecule has 10 nitrogen and oxygen atoms in total. The predicted molar refractivity (Wildman–Crippen MR) is 141 cm³/mol. The van der Waals surface area contributed by atoms with Crippen LogP contribution in [0.4, 0.5) is 4.39 Å². The molecule has 4 N–H and O–H groups in total. The van der Waals surface area contributed by atoms with Crippen LogP contribution in [0, 0.1) is 11.7 Å². The summed E-state index contributed by atoms with van der Waals surface area (Å²) in [6.07, 6.45) is 3.10. The van der Waals surface area contributed by atoms with Crippen molar-refractivity contribution in [1.29, 1.82) is 0 Å². The third kappa shape index (κ3) is 6.55. The lowest BCUT2D eigenvalue weighted by Crippen LogP contribution is -2.51. The van der Waals surface area contributed by atoms with Gasteiger partial charge in [-0.1, -0.05) is 31.4 Å². The van der Waals surface area contributed by atoms with Crippen LogP contribution < -0.4 is 20.1 Å². The van der Waals surface area contributed by atoms with Gasteiger partial charge in [-0.15, -0.1) is 0 Å². The molecule has 1 aromatic heterocycles. The van der Waals surface area contributed by atoms with E-state index < -0.39 is 36.5 Å². The van der Waals surface area contributed by atoms with Crippen molar-refractivity contribution in [3.63, 3.8) is 0 Å². The lowest BCUT2D eigenvalue weighted by atomic mass is 9.83. The summed E-state index contributed by atoms with van der Waals surface area (Å²) in [7, 11) is 3.03. The van der Waals surface area contributed by atoms with Crippen LogP contribution in [0.5, 0.6) is 11.5 Å². The van der Waals surface area contributed by atoms with Crippen LogP contribution in [-0.2, 0) is 9.59 Å². The molecule has 208 valence electrons. The largest absolute Gasteiger partial charge is 0.496 e. The highest BCUT2D eigenvalue weighted by Crippen LogP contribution is 2.40. The Labute approximate surface area is 225 Å². The Kier molecular flexibility index (Phi) is 9.15. The van der Waals surface area contributed by atoms with Crippen LogP contribution in [0.2, 0.25) is 0 Å². The molecule has 0 spiro atoms. The molecule has 1 fully saturated rings. The van der Waals surface area contributed by atoms with Gasteiger partial charge >= 0.3 is 5.97 Å². The zero-order valence-electron chi connectivity index (χ0n) is 21.9. The number of methoxy groups -OCH3 is 2. The van der Waals surface area contributed by atoms with Crippen molar-refractivity contribution in [3.05, 3.63) is 60.0 Å². The lowest BCUT2D eigenvalue weighted by molar-refractivity contribution is -0.138. The first-order valence-corrected chi connectivity index (χ1v) is 12.8. The number of benzene rings is 2. The Morgan fingerprint density at radius 3 is 2.36 bits per heavy atom. The van der Waals surface area contributed by atoms with Gasteiger partial charge in [-0.3, -0.25) is 14.9 Å². The summed E-state index contributed by atoms with van der Waals surface area (Å²) in [6.45, 7) is -0.522. The fourth-order valence-corrected chi connectivity index (χ4v) is 5.04. The third-order valence-corrected chi connectivity index (χ3v) is 6.90. The second-order valence-electron chi connectivity index (χ2n) is 9.44. The minimum absolute atomic E-state index is 0.0821. The van der Waals surface area contributed by atoms with E-state index in [1.54, 1.807) is 36.4 Å². The van der Waals surface area contributed by atoms with Crippen molar-refractivity contribution in [1.82, 2.24) is 20.4 Å². The smallest absolute Gasteiger partial charge is 0.322 e. The number of aliphatic hydroxyl groups is 1. The van der Waals surface area contributed by atoms with Gasteiger partial charge in [0.2, 0.25) is 5.91 Å². The molecule has 4 rings (SSSR count). The molecule has 0 saturated heterocycles. The molecule has 1 aliphatic carbocycles. The number of carbonyl (C=O) groups excluding carboxylic acids is 1. The number of carbonyl (C=O) groups is 2. The average molecular weight is 541 g/mol. The molecular formula is C28H33FN4O6. The van der Waals surface area contributed by atoms with Gasteiger partial charge in [-0.25, -0.2) is 9.07 Å². The number of nitrogens with one attached hydrogen (secondary N) is 2. The highest BCUT2D eigenvalue weighted by molar-refractivity contribution is 5.85. The Balaban J connectivity index is 1.74. The van der Waals surface area contributed by atoms with Gasteiger partial charge in [-0.2, -0.15) is 5.10 Å². The second-order valence-corrected chi connectivity index (χ2v) is 9.44. The minimum atomic E-state index is -1.39. The number of hydrogen-bond acceptors (Lipinski definition) is 7. The number of carboxylic acids is 1. The van der Waals surface area contributed by atoms with Gasteiger partial charge in [0.05, 0.1) is 37.2 Å². The zero-order chi connectivity index (χ0) is 27.9. The zero-order valence-corrected chi connectivity index (χ0v) is 21.9.